The van der Waals surface area contributed by atoms with Gasteiger partial charge in [-0.3, -0.25) is 0 Å². The summed E-state index contributed by atoms with van der Waals surface area (Å²) in [6, 6.07) is 11.1. The second-order valence-electron chi connectivity index (χ2n) is 3.58. The van der Waals surface area contributed by atoms with Crippen molar-refractivity contribution in [2.45, 2.75) is 6.54 Å². The highest BCUT2D eigenvalue weighted by molar-refractivity contribution is 14.1. The van der Waals surface area contributed by atoms with Gasteiger partial charge in [0.05, 0.1) is 9.26 Å². The summed E-state index contributed by atoms with van der Waals surface area (Å²) in [4.78, 5) is 0. The molecule has 0 aliphatic heterocycles. The van der Waals surface area contributed by atoms with Crippen LogP contribution in [0, 0.1) is 15.2 Å². The van der Waals surface area contributed by atoms with E-state index in [0.29, 0.717) is 10.1 Å². The van der Waals surface area contributed by atoms with Gasteiger partial charge in [0.25, 0.3) is 0 Å². The molecule has 1 N–H and O–H groups in total. The van der Waals surface area contributed by atoms with Crippen molar-refractivity contribution in [3.63, 3.8) is 0 Å². The zero-order chi connectivity index (χ0) is 12.3. The Morgan fingerprint density at radius 2 is 1.71 bits per heavy atom. The Labute approximate surface area is 112 Å². The first-order valence-electron chi connectivity index (χ1n) is 5.09. The summed E-state index contributed by atoms with van der Waals surface area (Å²) in [5, 5.41) is 3.12. The summed E-state index contributed by atoms with van der Waals surface area (Å²) in [6.45, 7) is 0.541. The van der Waals surface area contributed by atoms with E-state index in [1.165, 1.54) is 18.2 Å². The van der Waals surface area contributed by atoms with E-state index in [9.17, 15) is 8.78 Å². The second-order valence-corrected chi connectivity index (χ2v) is 4.66. The maximum absolute atomic E-state index is 13.3. The largest absolute Gasteiger partial charge is 0.380 e. The van der Waals surface area contributed by atoms with E-state index in [-0.39, 0.29) is 11.6 Å². The summed E-state index contributed by atoms with van der Waals surface area (Å²) in [5.41, 5.74) is 1.70. The first-order valence-corrected chi connectivity index (χ1v) is 6.17. The minimum absolute atomic E-state index is 0.241. The molecule has 0 unspecified atom stereocenters. The van der Waals surface area contributed by atoms with Crippen LogP contribution in [0.4, 0.5) is 14.5 Å². The fourth-order valence-electron chi connectivity index (χ4n) is 1.44. The average molecular weight is 345 g/mol. The molecule has 1 nitrogen and oxygen atoms in total. The molecule has 0 saturated carbocycles. The van der Waals surface area contributed by atoms with Gasteiger partial charge in [-0.05, 0) is 52.4 Å². The highest BCUT2D eigenvalue weighted by Crippen LogP contribution is 2.21. The van der Waals surface area contributed by atoms with Gasteiger partial charge >= 0.3 is 0 Å². The van der Waals surface area contributed by atoms with Crippen molar-refractivity contribution in [2.75, 3.05) is 5.32 Å². The molecular weight excluding hydrogens is 335 g/mol. The monoisotopic (exact) mass is 345 g/mol. The Balaban J connectivity index is 2.07. The summed E-state index contributed by atoms with van der Waals surface area (Å²) < 4.78 is 26.5. The number of benzene rings is 2. The number of nitrogens with one attached hydrogen (secondary N) is 1. The van der Waals surface area contributed by atoms with Crippen molar-refractivity contribution in [1.82, 2.24) is 0 Å². The molecule has 0 aromatic heterocycles. The Hall–Kier alpha value is -1.17. The van der Waals surface area contributed by atoms with Crippen LogP contribution in [-0.4, -0.2) is 0 Å². The van der Waals surface area contributed by atoms with Crippen LogP contribution >= 0.6 is 22.6 Å². The SMILES string of the molecule is Fc1ccc(CNc2cccc(F)c2I)cc1. The molecular formula is C13H10F2IN. The maximum Gasteiger partial charge on any atom is 0.138 e. The lowest BCUT2D eigenvalue weighted by Gasteiger charge is -2.09. The minimum Gasteiger partial charge on any atom is -0.380 e. The molecule has 0 bridgehead atoms. The molecule has 0 radical (unpaired) electrons. The lowest BCUT2D eigenvalue weighted by atomic mass is 10.2. The lowest BCUT2D eigenvalue weighted by Crippen LogP contribution is -2.02. The van der Waals surface area contributed by atoms with Gasteiger partial charge in [-0.2, -0.15) is 0 Å². The predicted octanol–water partition coefficient (Wildman–Crippen LogP) is 4.18. The van der Waals surface area contributed by atoms with E-state index < -0.39 is 0 Å². The van der Waals surface area contributed by atoms with Crippen LogP contribution in [0.2, 0.25) is 0 Å². The van der Waals surface area contributed by atoms with Crippen LogP contribution in [-0.2, 0) is 6.54 Å². The van der Waals surface area contributed by atoms with Crippen LogP contribution < -0.4 is 5.32 Å². The van der Waals surface area contributed by atoms with Gasteiger partial charge in [-0.25, -0.2) is 8.78 Å². The summed E-state index contributed by atoms with van der Waals surface area (Å²) in [6.07, 6.45) is 0. The Morgan fingerprint density at radius 3 is 2.41 bits per heavy atom. The van der Waals surface area contributed by atoms with Gasteiger partial charge in [-0.15, -0.1) is 0 Å². The maximum atomic E-state index is 13.3. The van der Waals surface area contributed by atoms with Gasteiger partial charge in [0, 0.05) is 6.54 Å². The van der Waals surface area contributed by atoms with Crippen molar-refractivity contribution in [1.29, 1.82) is 0 Å². The van der Waals surface area contributed by atoms with Crippen LogP contribution in [0.15, 0.2) is 42.5 Å². The van der Waals surface area contributed by atoms with Gasteiger partial charge in [-0.1, -0.05) is 18.2 Å². The first kappa shape index (κ1) is 12.3. The van der Waals surface area contributed by atoms with E-state index in [4.69, 9.17) is 0 Å². The zero-order valence-corrected chi connectivity index (χ0v) is 11.0. The third kappa shape index (κ3) is 3.15. The van der Waals surface area contributed by atoms with Crippen molar-refractivity contribution in [3.8, 4) is 0 Å². The summed E-state index contributed by atoms with van der Waals surface area (Å²) >= 11 is 1.96. The molecule has 2 rings (SSSR count). The Morgan fingerprint density at radius 1 is 1.00 bits per heavy atom. The molecule has 17 heavy (non-hydrogen) atoms. The number of halogens is 3. The highest BCUT2D eigenvalue weighted by atomic mass is 127. The fraction of sp³-hybridized carbons (Fsp3) is 0.0769. The van der Waals surface area contributed by atoms with Gasteiger partial charge in [0.1, 0.15) is 11.6 Å². The van der Waals surface area contributed by atoms with Crippen LogP contribution in [0.5, 0.6) is 0 Å². The van der Waals surface area contributed by atoms with Gasteiger partial charge < -0.3 is 5.32 Å². The molecule has 88 valence electrons. The molecule has 2 aromatic rings. The molecule has 0 aliphatic carbocycles. The zero-order valence-electron chi connectivity index (χ0n) is 8.88. The van der Waals surface area contributed by atoms with Crippen LogP contribution in [0.3, 0.4) is 0 Å². The van der Waals surface area contributed by atoms with Crippen molar-refractivity contribution in [2.24, 2.45) is 0 Å². The van der Waals surface area contributed by atoms with Crippen LogP contribution in [0.1, 0.15) is 5.56 Å². The topological polar surface area (TPSA) is 12.0 Å². The molecule has 0 fully saturated rings. The third-order valence-electron chi connectivity index (χ3n) is 2.35. The molecule has 0 saturated heterocycles. The Bertz CT molecular complexity index is 511. The normalized spacial score (nSPS) is 10.3. The van der Waals surface area contributed by atoms with E-state index in [0.717, 1.165) is 11.3 Å². The van der Waals surface area contributed by atoms with Gasteiger partial charge in [0.2, 0.25) is 0 Å². The van der Waals surface area contributed by atoms with Crippen molar-refractivity contribution in [3.05, 3.63) is 63.2 Å². The standard InChI is InChI=1S/C13H10F2IN/c14-10-6-4-9(5-7-10)8-17-12-3-1-2-11(15)13(12)16/h1-7,17H,8H2. The van der Waals surface area contributed by atoms with Crippen molar-refractivity contribution >= 4 is 28.3 Å². The van der Waals surface area contributed by atoms with Crippen molar-refractivity contribution < 1.29 is 8.78 Å². The third-order valence-corrected chi connectivity index (χ3v) is 3.44. The lowest BCUT2D eigenvalue weighted by molar-refractivity contribution is 0.621. The second kappa shape index (κ2) is 5.44. The Kier molecular flexibility index (Phi) is 3.93. The predicted molar refractivity (Wildman–Crippen MR) is 72.8 cm³/mol. The molecule has 0 atom stereocenters. The van der Waals surface area contributed by atoms with E-state index >= 15 is 0 Å². The van der Waals surface area contributed by atoms with Crippen LogP contribution in [0.25, 0.3) is 0 Å². The molecule has 0 amide bonds. The molecule has 0 heterocycles. The molecule has 2 aromatic carbocycles. The van der Waals surface area contributed by atoms with E-state index in [2.05, 4.69) is 5.32 Å². The fourth-order valence-corrected chi connectivity index (χ4v) is 1.99. The molecule has 0 spiro atoms. The molecule has 4 heteroatoms. The van der Waals surface area contributed by atoms with Gasteiger partial charge in [0.15, 0.2) is 0 Å². The summed E-state index contributed by atoms with van der Waals surface area (Å²) in [7, 11) is 0. The number of hydrogen-bond acceptors (Lipinski definition) is 1. The number of hydrogen-bond donors (Lipinski definition) is 1. The average Bonchev–Trinajstić information content (AvgIpc) is 2.33. The highest BCUT2D eigenvalue weighted by Gasteiger charge is 2.04. The summed E-state index contributed by atoms with van der Waals surface area (Å²) in [5.74, 6) is -0.496. The number of rotatable bonds is 3. The van der Waals surface area contributed by atoms with E-state index in [1.54, 1.807) is 18.2 Å². The number of anilines is 1. The minimum atomic E-state index is -0.255. The molecule has 0 aliphatic rings. The van der Waals surface area contributed by atoms with E-state index in [1.807, 2.05) is 28.7 Å². The quantitative estimate of drug-likeness (QED) is 0.823. The smallest absolute Gasteiger partial charge is 0.138 e. The first-order chi connectivity index (χ1) is 8.16.